The van der Waals surface area contributed by atoms with Crippen LogP contribution in [0.5, 0.6) is 5.75 Å². The Kier molecular flexibility index (Phi) is 7.45. The number of amides is 2. The second kappa shape index (κ2) is 10.2. The topological polar surface area (TPSA) is 164 Å². The van der Waals surface area contributed by atoms with Gasteiger partial charge in [-0.2, -0.15) is 29.9 Å². The van der Waals surface area contributed by atoms with E-state index in [1.165, 1.54) is 5.12 Å². The van der Waals surface area contributed by atoms with E-state index in [0.717, 1.165) is 28.6 Å². The van der Waals surface area contributed by atoms with Crippen LogP contribution in [0.4, 0.5) is 9.59 Å². The molecule has 0 radical (unpaired) electrons. The second-order valence-electron chi connectivity index (χ2n) is 12.4. The first-order chi connectivity index (χ1) is 19.0. The number of hydrogen-bond donors (Lipinski definition) is 2. The molecule has 1 aromatic heterocycles. The summed E-state index contributed by atoms with van der Waals surface area (Å²) in [4.78, 5) is 29.2. The average molecular weight is 582 g/mol. The van der Waals surface area contributed by atoms with Crippen molar-refractivity contribution in [1.29, 1.82) is 5.26 Å². The predicted octanol–water partition coefficient (Wildman–Crippen LogP) is 5.62. The van der Waals surface area contributed by atoms with Crippen molar-refractivity contribution in [2.24, 2.45) is 31.3 Å². The lowest BCUT2D eigenvalue weighted by Gasteiger charge is -2.43. The van der Waals surface area contributed by atoms with Crippen LogP contribution in [0.3, 0.4) is 0 Å². The highest BCUT2D eigenvalue weighted by atomic mass is 32.2. The van der Waals surface area contributed by atoms with Gasteiger partial charge in [0, 0.05) is 34.8 Å². The van der Waals surface area contributed by atoms with Gasteiger partial charge in [-0.3, -0.25) is 4.98 Å². The zero-order chi connectivity index (χ0) is 30.7. The third-order valence-corrected chi connectivity index (χ3v) is 9.21. The minimum atomic E-state index is -1.73. The standard InChI is InChI=1S/C28H35N7O5S/c1-14-11-30-18(15(2)22(14)40-9)12-34-31-17-10-16(26(3,4)5)20-19(17)21(32-34)23(35(24(36)37)25(38)39)33-41-28(20,13-29)27(6,7)8/h11,16H,10,12H2,1-9H3,(H,36,37)(H,38,39). The van der Waals surface area contributed by atoms with Crippen LogP contribution in [-0.2, 0) is 6.54 Å². The lowest BCUT2D eigenvalue weighted by molar-refractivity contribution is 0.145. The molecule has 1 aromatic rings. The van der Waals surface area contributed by atoms with Gasteiger partial charge in [-0.1, -0.05) is 41.5 Å². The number of pyridine rings is 1. The third-order valence-electron chi connectivity index (χ3n) is 7.75. The molecule has 4 rings (SSSR count). The number of ether oxygens (including phenoxy) is 1. The van der Waals surface area contributed by atoms with Crippen LogP contribution < -0.4 is 4.74 Å². The second-order valence-corrected chi connectivity index (χ2v) is 13.4. The lowest BCUT2D eigenvalue weighted by Crippen LogP contribution is -2.46. The van der Waals surface area contributed by atoms with Crippen molar-refractivity contribution in [3.8, 4) is 11.8 Å². The SMILES string of the molecule is COc1c(C)cnc(CN2N=C3CC(C(C)(C)C)C4=C3C(=N2)C(N(C(=O)O)C(=O)O)=NSC4(C#N)C(C)(C)C)c1C. The summed E-state index contributed by atoms with van der Waals surface area (Å²) < 4.78 is 8.75. The largest absolute Gasteiger partial charge is 0.496 e. The summed E-state index contributed by atoms with van der Waals surface area (Å²) in [6.07, 6.45) is -1.32. The van der Waals surface area contributed by atoms with Gasteiger partial charge in [-0.05, 0) is 42.6 Å². The molecular weight excluding hydrogens is 546 g/mol. The van der Waals surface area contributed by atoms with Crippen molar-refractivity contribution in [2.75, 3.05) is 7.11 Å². The number of hydrogen-bond acceptors (Lipinski definition) is 10. The van der Waals surface area contributed by atoms with Gasteiger partial charge in [0.05, 0.1) is 24.6 Å². The van der Waals surface area contributed by atoms with Crippen molar-refractivity contribution in [2.45, 2.75) is 73.1 Å². The van der Waals surface area contributed by atoms with Gasteiger partial charge >= 0.3 is 12.2 Å². The molecule has 3 heterocycles. The molecule has 2 N–H and O–H groups in total. The molecule has 0 fully saturated rings. The van der Waals surface area contributed by atoms with Crippen LogP contribution in [0, 0.1) is 41.9 Å². The smallest absolute Gasteiger partial charge is 0.422 e. The molecule has 3 aliphatic rings. The average Bonchev–Trinajstić information content (AvgIpc) is 3.18. The number of aryl methyl sites for hydroxylation is 1. The van der Waals surface area contributed by atoms with Crippen molar-refractivity contribution >= 4 is 41.4 Å². The quantitative estimate of drug-likeness (QED) is 0.431. The molecule has 41 heavy (non-hydrogen) atoms. The number of rotatable bonds is 3. The zero-order valence-electron chi connectivity index (χ0n) is 24.7. The number of imide groups is 1. The Balaban J connectivity index is 2.03. The van der Waals surface area contributed by atoms with Crippen LogP contribution in [0.15, 0.2) is 31.9 Å². The molecule has 0 spiro atoms. The number of methoxy groups -OCH3 is 1. The van der Waals surface area contributed by atoms with Crippen molar-refractivity contribution in [3.05, 3.63) is 34.2 Å². The molecule has 0 saturated heterocycles. The number of nitrogens with zero attached hydrogens (tertiary/aromatic N) is 7. The number of hydrazone groups is 2. The third kappa shape index (κ3) is 4.84. The Bertz CT molecular complexity index is 1480. The molecule has 2 amide bonds. The van der Waals surface area contributed by atoms with Crippen LogP contribution in [0.2, 0.25) is 0 Å². The van der Waals surface area contributed by atoms with E-state index < -0.39 is 22.3 Å². The van der Waals surface area contributed by atoms with E-state index in [2.05, 4.69) is 41.3 Å². The van der Waals surface area contributed by atoms with E-state index >= 15 is 0 Å². The minimum absolute atomic E-state index is 0.0483. The van der Waals surface area contributed by atoms with Crippen molar-refractivity contribution in [3.63, 3.8) is 0 Å². The normalized spacial score (nSPS) is 22.2. The summed E-state index contributed by atoms with van der Waals surface area (Å²) in [5.41, 5.74) is 3.17. The van der Waals surface area contributed by atoms with Crippen LogP contribution in [0.25, 0.3) is 0 Å². The molecule has 12 nitrogen and oxygen atoms in total. The van der Waals surface area contributed by atoms with E-state index in [1.54, 1.807) is 13.3 Å². The predicted molar refractivity (Wildman–Crippen MR) is 156 cm³/mol. The van der Waals surface area contributed by atoms with Gasteiger partial charge < -0.3 is 14.9 Å². The summed E-state index contributed by atoms with van der Waals surface area (Å²) in [5, 5.41) is 41.5. The molecule has 0 bridgehead atoms. The summed E-state index contributed by atoms with van der Waals surface area (Å²) in [7, 11) is 1.58. The molecule has 2 atom stereocenters. The van der Waals surface area contributed by atoms with E-state index in [9.17, 15) is 25.1 Å². The first kappa shape index (κ1) is 30.0. The fourth-order valence-electron chi connectivity index (χ4n) is 5.56. The fourth-order valence-corrected chi connectivity index (χ4v) is 6.61. The molecule has 0 aromatic carbocycles. The molecular formula is C28H35N7O5S. The van der Waals surface area contributed by atoms with Crippen LogP contribution in [0.1, 0.15) is 64.8 Å². The molecule has 2 unspecified atom stereocenters. The number of amidine groups is 1. The Labute approximate surface area is 243 Å². The van der Waals surface area contributed by atoms with Crippen molar-refractivity contribution in [1.82, 2.24) is 15.0 Å². The molecule has 13 heteroatoms. The Morgan fingerprint density at radius 1 is 1.20 bits per heavy atom. The first-order valence-electron chi connectivity index (χ1n) is 13.1. The Hall–Kier alpha value is -3.92. The molecule has 218 valence electrons. The lowest BCUT2D eigenvalue weighted by atomic mass is 9.66. The van der Waals surface area contributed by atoms with Crippen molar-refractivity contribution < 1.29 is 24.5 Å². The van der Waals surface area contributed by atoms with E-state index in [0.29, 0.717) is 29.1 Å². The van der Waals surface area contributed by atoms with Gasteiger partial charge in [0.2, 0.25) is 0 Å². The van der Waals surface area contributed by atoms with E-state index in [1.807, 2.05) is 34.6 Å². The van der Waals surface area contributed by atoms with Gasteiger partial charge in [-0.15, -0.1) is 0 Å². The molecule has 1 aliphatic carbocycles. The summed E-state index contributed by atoms with van der Waals surface area (Å²) in [5.74, 6) is 0.121. The maximum atomic E-state index is 12.2. The number of carbonyl (C=O) groups is 2. The van der Waals surface area contributed by atoms with E-state index in [4.69, 9.17) is 9.84 Å². The fraction of sp³-hybridized carbons (Fsp3) is 0.536. The molecule has 2 aliphatic heterocycles. The van der Waals surface area contributed by atoms with Gasteiger partial charge in [-0.25, -0.2) is 9.59 Å². The van der Waals surface area contributed by atoms with Crippen LogP contribution >= 0.6 is 11.9 Å². The Morgan fingerprint density at radius 3 is 2.34 bits per heavy atom. The highest BCUT2D eigenvalue weighted by Crippen LogP contribution is 2.58. The summed E-state index contributed by atoms with van der Waals surface area (Å²) >= 11 is 0.887. The maximum absolute atomic E-state index is 12.2. The highest BCUT2D eigenvalue weighted by Gasteiger charge is 2.58. The highest BCUT2D eigenvalue weighted by molar-refractivity contribution is 8.00. The maximum Gasteiger partial charge on any atom is 0.422 e. The van der Waals surface area contributed by atoms with E-state index in [-0.39, 0.29) is 34.3 Å². The van der Waals surface area contributed by atoms with Gasteiger partial charge in [0.15, 0.2) is 10.6 Å². The number of nitriles is 1. The number of aromatic nitrogens is 1. The van der Waals surface area contributed by atoms with Crippen LogP contribution in [-0.4, -0.2) is 66.5 Å². The monoisotopic (exact) mass is 581 g/mol. The Morgan fingerprint density at radius 2 is 1.83 bits per heavy atom. The summed E-state index contributed by atoms with van der Waals surface area (Å²) in [6.45, 7) is 15.9. The number of carboxylic acid groups (broad SMARTS) is 2. The minimum Gasteiger partial charge on any atom is -0.496 e. The van der Waals surface area contributed by atoms with Gasteiger partial charge in [0.1, 0.15) is 18.0 Å². The zero-order valence-corrected chi connectivity index (χ0v) is 25.5. The molecule has 0 saturated carbocycles. The first-order valence-corrected chi connectivity index (χ1v) is 13.9. The summed E-state index contributed by atoms with van der Waals surface area (Å²) in [6, 6.07) is 2.49. The van der Waals surface area contributed by atoms with Gasteiger partial charge in [0.25, 0.3) is 0 Å².